The maximum atomic E-state index is 14.8. The number of aromatic hydroxyl groups is 1. The van der Waals surface area contributed by atoms with E-state index in [1.54, 1.807) is 0 Å². The normalized spacial score (nSPS) is 23.2. The predicted octanol–water partition coefficient (Wildman–Crippen LogP) is 5.62. The summed E-state index contributed by atoms with van der Waals surface area (Å²) < 4.78 is 443. The van der Waals surface area contributed by atoms with Gasteiger partial charge in [-0.1, -0.05) is 0 Å². The number of aliphatic imine (C=N–C) groups is 5. The van der Waals surface area contributed by atoms with E-state index in [-0.39, 0.29) is 95.8 Å². The third kappa shape index (κ3) is 25.1. The van der Waals surface area contributed by atoms with Crippen LogP contribution in [0.3, 0.4) is 0 Å². The number of hydrogen-bond acceptors (Lipinski definition) is 37. The Balaban J connectivity index is 0.000000199. The highest BCUT2D eigenvalue weighted by Gasteiger charge is 2.49. The van der Waals surface area contributed by atoms with Crippen molar-refractivity contribution in [3.05, 3.63) is 255 Å². The third-order valence-electron chi connectivity index (χ3n) is 21.2. The average Bonchev–Trinajstić information content (AvgIpc) is 0.747. The lowest BCUT2D eigenvalue weighted by Crippen LogP contribution is -2.50. The largest absolute Gasteiger partial charge is 0.506 e. The highest BCUT2D eigenvalue weighted by molar-refractivity contribution is 7.91. The average molecular weight is 2210 g/mol. The minimum absolute atomic E-state index is 0.0447. The van der Waals surface area contributed by atoms with Crippen molar-refractivity contribution < 1.29 is 163 Å². The minimum Gasteiger partial charge on any atom is -0.506 e. The van der Waals surface area contributed by atoms with Crippen LogP contribution in [-0.2, 0) is 77.8 Å². The van der Waals surface area contributed by atoms with Gasteiger partial charge in [-0.3, -0.25) is 24.0 Å². The molecule has 0 bridgehead atoms. The molecule has 10 aromatic rings. The van der Waals surface area contributed by atoms with Gasteiger partial charge in [0.25, 0.3) is 29.5 Å². The zero-order chi connectivity index (χ0) is 128. The van der Waals surface area contributed by atoms with Crippen LogP contribution in [0.4, 0.5) is 72.3 Å². The number of methoxy groups -OCH3 is 4. The van der Waals surface area contributed by atoms with E-state index in [0.717, 1.165) is 108 Å². The molecule has 5 amide bonds. The van der Waals surface area contributed by atoms with Gasteiger partial charge in [0.15, 0.2) is 58.2 Å². The molecule has 5 aromatic carbocycles. The van der Waals surface area contributed by atoms with Crippen molar-refractivity contribution in [2.75, 3.05) is 119 Å². The van der Waals surface area contributed by atoms with E-state index in [2.05, 4.69) is 95.9 Å². The number of ether oxygens (including phenoxy) is 4. The summed E-state index contributed by atoms with van der Waals surface area (Å²) in [4.78, 5) is 108. The summed E-state index contributed by atoms with van der Waals surface area (Å²) in [6.07, 6.45) is 7.27. The molecule has 0 saturated heterocycles. The second kappa shape index (κ2) is 43.2. The molecule has 62 heteroatoms. The van der Waals surface area contributed by atoms with Crippen LogP contribution in [0, 0.1) is 58.2 Å². The van der Waals surface area contributed by atoms with E-state index in [1.165, 1.54) is 50.9 Å². The predicted molar refractivity (Wildman–Crippen MR) is 519 cm³/mol. The molecule has 794 valence electrons. The second-order valence-electron chi connectivity index (χ2n) is 32.4. The fourth-order valence-electron chi connectivity index (χ4n) is 14.2. The number of carbonyl (C=O) groups is 5. The SMILES string of the molecule is [2H]C([2H])([2H])N1C(N)=N[C@](C)(c2cc(NC(=O)c3ccc(O)cn3)cc(F)c2F)CS1(=O)=O.[2H]C([2H])([2H])N1C(N)=N[C@](C)(c2cc(NC(=O)c3ccc(OC)cn3)cc(F)c2F)CS1(=O)=O.[2H]C([2H])([2H])N1C(N)=N[C@](C)(c2cc(NC(=O)c3cnc(OC)cn3)cc(F)c2F)CS1(=O)=O.[2H]C([2H])([2H])Oc1ccc(C(=O)Nc2cc(F)c(F)c([C@]3(C)CS(=O)(=O)N(C([2H])([2H])[2H])C(N)=N3)c2)nc1.[2H]C([2H])([2H])Oc1cnc(C(=O)Nc2cc(F)c(F)c([C@]3(C)CS(=O)(=O)N(C([2H])([2H])[2H])C(N)=N3)c2)cn1. The van der Waals surface area contributed by atoms with Crippen molar-refractivity contribution in [1.82, 2.24) is 56.4 Å². The van der Waals surface area contributed by atoms with Gasteiger partial charge in [-0.05, 0) is 101 Å². The summed E-state index contributed by atoms with van der Waals surface area (Å²) in [5, 5.41) is 20.7. The fourth-order valence-corrected chi connectivity index (χ4v) is 21.1. The summed E-state index contributed by atoms with van der Waals surface area (Å²) in [7, 11) is -25.8. The summed E-state index contributed by atoms with van der Waals surface area (Å²) >= 11 is 0. The first-order valence-electron chi connectivity index (χ1n) is 51.3. The molecule has 0 fully saturated rings. The Kier molecular flexibility index (Phi) is 24.9. The number of hydrogen-bond donors (Lipinski definition) is 11. The van der Waals surface area contributed by atoms with Crippen LogP contribution in [0.1, 0.15) is 144 Å². The smallest absolute Gasteiger partial charge is 0.275 e. The van der Waals surface area contributed by atoms with Crippen LogP contribution in [0.25, 0.3) is 0 Å². The molecule has 5 aromatic heterocycles. The number of nitrogens with two attached hydrogens (primary N) is 5. The van der Waals surface area contributed by atoms with Crippen LogP contribution < -0.4 is 74.2 Å². The molecule has 10 heterocycles. The van der Waals surface area contributed by atoms with Gasteiger partial charge in [-0.15, -0.1) is 0 Å². The lowest BCUT2D eigenvalue weighted by Gasteiger charge is -2.34. The monoisotopic (exact) mass is 2200 g/mol. The molecule has 5 aliphatic rings. The maximum absolute atomic E-state index is 14.8. The Morgan fingerprint density at radius 3 is 0.738 bits per heavy atom. The number of guanidine groups is 5. The van der Waals surface area contributed by atoms with Gasteiger partial charge in [-0.2, -0.15) is 0 Å². The van der Waals surface area contributed by atoms with Crippen molar-refractivity contribution in [3.63, 3.8) is 0 Å². The van der Waals surface area contributed by atoms with Gasteiger partial charge in [0, 0.05) is 142 Å². The number of pyridine rings is 3. The van der Waals surface area contributed by atoms with Crippen LogP contribution in [0.2, 0.25) is 0 Å². The first-order valence-corrected chi connectivity index (χ1v) is 48.8. The highest BCUT2D eigenvalue weighted by atomic mass is 32.2. The highest BCUT2D eigenvalue weighted by Crippen LogP contribution is 2.43. The first kappa shape index (κ1) is 85.7. The van der Waals surface area contributed by atoms with Gasteiger partial charge < -0.3 is 79.3 Å². The zero-order valence-corrected chi connectivity index (χ0v) is 80.9. The number of rotatable bonds is 19. The molecule has 0 saturated carbocycles. The number of carbonyl (C=O) groups excluding carboxylic acids is 5. The number of benzene rings is 5. The molecule has 0 unspecified atom stereocenters. The number of nitrogens with zero attached hydrogens (tertiary/aromatic N) is 17. The number of anilines is 5. The van der Waals surface area contributed by atoms with E-state index in [4.69, 9.17) is 66.9 Å². The quantitative estimate of drug-likeness (QED) is 0.0438. The molecule has 0 radical (unpaired) electrons. The molecule has 0 aliphatic carbocycles. The van der Waals surface area contributed by atoms with E-state index in [9.17, 15) is 115 Å². The van der Waals surface area contributed by atoms with Gasteiger partial charge in [-0.25, -0.2) is 167 Å². The molecule has 5 aliphatic heterocycles. The van der Waals surface area contributed by atoms with Crippen molar-refractivity contribution >= 4 is 138 Å². The minimum atomic E-state index is -4.64. The lowest BCUT2D eigenvalue weighted by atomic mass is 9.93. The van der Waals surface area contributed by atoms with Gasteiger partial charge in [0.05, 0.1) is 109 Å². The molecule has 0 spiro atoms. The Bertz CT molecular complexity index is 8270. The van der Waals surface area contributed by atoms with E-state index in [0.29, 0.717) is 36.1 Å². The Morgan fingerprint density at radius 2 is 0.544 bits per heavy atom. The Labute approximate surface area is 872 Å². The van der Waals surface area contributed by atoms with Crippen molar-refractivity contribution in [2.24, 2.45) is 53.6 Å². The van der Waals surface area contributed by atoms with Gasteiger partial charge in [0.2, 0.25) is 91.7 Å². The molecule has 47 nitrogen and oxygen atoms in total. The van der Waals surface area contributed by atoms with Crippen molar-refractivity contribution in [3.8, 4) is 29.0 Å². The summed E-state index contributed by atoms with van der Waals surface area (Å²) in [6.45, 7) is -10.2. The molecular formula is C87H91F10N27O20S5. The van der Waals surface area contributed by atoms with E-state index >= 15 is 0 Å². The number of amides is 5. The van der Waals surface area contributed by atoms with Gasteiger partial charge >= 0.3 is 0 Å². The second-order valence-corrected chi connectivity index (χ2v) is 41.5. The fraction of sp³-hybridized carbons (Fsp3) is 0.276. The number of nitrogens with one attached hydrogen (secondary N) is 5. The summed E-state index contributed by atoms with van der Waals surface area (Å²) in [5.41, 5.74) is 12.7. The number of sulfonamides is 5. The molecule has 149 heavy (non-hydrogen) atoms. The van der Waals surface area contributed by atoms with E-state index < -0.39 is 307 Å². The molecule has 16 N–H and O–H groups in total. The van der Waals surface area contributed by atoms with Crippen molar-refractivity contribution in [2.45, 2.75) is 62.3 Å². The summed E-state index contributed by atoms with van der Waals surface area (Å²) in [5.74, 6) is -28.6. The van der Waals surface area contributed by atoms with Crippen LogP contribution >= 0.6 is 0 Å². The molecular weight excluding hydrogens is 2090 g/mol. The first-order chi connectivity index (χ1) is 77.6. The number of halogens is 10. The zero-order valence-electron chi connectivity index (χ0n) is 97.8. The molecule has 15 rings (SSSR count). The van der Waals surface area contributed by atoms with Crippen LogP contribution in [0.5, 0.6) is 29.0 Å². The van der Waals surface area contributed by atoms with Crippen LogP contribution in [-0.4, -0.2) is 255 Å². The third-order valence-corrected chi connectivity index (χ3v) is 29.5. The van der Waals surface area contributed by atoms with Crippen LogP contribution in [0.15, 0.2) is 165 Å². The number of aromatic nitrogens is 7. The Morgan fingerprint density at radius 1 is 0.315 bits per heavy atom. The molecule has 5 atom stereocenters. The topological polar surface area (TPSA) is 672 Å². The lowest BCUT2D eigenvalue weighted by molar-refractivity contribution is 0.101. The van der Waals surface area contributed by atoms with E-state index in [1.807, 2.05) is 0 Å². The standard InChI is InChI=1S/2C18H19F2N5O4S.2C17H18F2N6O4S.C17H17F2N5O4S/c2*1-18(9-30(27,28)25(2)17(21)24-18)12-6-10(7-13(19)15(12)20)23-16(26)14-5-4-11(29-3)8-22-14;2*1-17(8-30(27,28)25(2)16(20)24-17)10-4-9(5-11(18)14(10)19)23-15(26)12-6-22-13(29-3)7-21-12;1-17(8-29(27,28)24(2)16(20)23-17)11-5-9(6-12(18)14(11)19)22-15(26)13-4-3-10(25)7-21-13/h2*4-8H,9H2,1-3H3,(H2,21,24)(H,23,26);2*4-7H,8H2,1-3H3,(H2,20,24)(H,23,26);3-7,25H,8H2,1-2H3,(H2,20,23)(H,22,26)/t2*18-;3*17-/m00000/s1/i2D3,3D3;2D3;2D3,3D3;2*2D3. The summed E-state index contributed by atoms with van der Waals surface area (Å²) in [6, 6.07) is 15.5. The Hall–Kier alpha value is -16.5. The van der Waals surface area contributed by atoms with Crippen molar-refractivity contribution in [1.29, 1.82) is 0 Å². The van der Waals surface area contributed by atoms with Gasteiger partial charge in [0.1, 0.15) is 73.4 Å². The maximum Gasteiger partial charge on any atom is 0.275 e.